The van der Waals surface area contributed by atoms with Crippen molar-refractivity contribution in [2.45, 2.75) is 13.8 Å². The second-order valence-electron chi connectivity index (χ2n) is 2.76. The molecule has 0 fully saturated rings. The van der Waals surface area contributed by atoms with E-state index >= 15 is 0 Å². The molecule has 0 atom stereocenters. The number of sulfonamides is 1. The number of alkyl halides is 1. The van der Waals surface area contributed by atoms with Gasteiger partial charge in [-0.25, -0.2) is 13.1 Å². The van der Waals surface area contributed by atoms with Gasteiger partial charge < -0.3 is 0 Å². The Bertz CT molecular complexity index is 189. The molecule has 0 aromatic heterocycles. The van der Waals surface area contributed by atoms with Crippen molar-refractivity contribution in [2.75, 3.05) is 16.7 Å². The lowest BCUT2D eigenvalue weighted by molar-refractivity contribution is 0.571. The monoisotopic (exact) mass is 291 g/mol. The average molecular weight is 291 g/mol. The van der Waals surface area contributed by atoms with Gasteiger partial charge in [-0.3, -0.25) is 0 Å². The van der Waals surface area contributed by atoms with E-state index in [1.54, 1.807) is 0 Å². The van der Waals surface area contributed by atoms with Gasteiger partial charge in [0.15, 0.2) is 0 Å². The Balaban J connectivity index is 3.82. The van der Waals surface area contributed by atoms with E-state index in [1.165, 1.54) is 0 Å². The average Bonchev–Trinajstić information content (AvgIpc) is 1.81. The molecular weight excluding hydrogens is 277 g/mol. The molecule has 0 aromatic rings. The highest BCUT2D eigenvalue weighted by atomic mass is 127. The lowest BCUT2D eigenvalue weighted by Gasteiger charge is -2.06. The molecule has 0 saturated heterocycles. The van der Waals surface area contributed by atoms with Crippen LogP contribution in [0.3, 0.4) is 0 Å². The summed E-state index contributed by atoms with van der Waals surface area (Å²) >= 11 is 2.13. The lowest BCUT2D eigenvalue weighted by Crippen LogP contribution is -2.29. The standard InChI is InChI=1S/C6H14INO2S/c1-6(2)5-11(9,10)8-4-3-7/h6,8H,3-5H2,1-2H3. The highest BCUT2D eigenvalue weighted by Gasteiger charge is 2.10. The Morgan fingerprint density at radius 2 is 2.00 bits per heavy atom. The van der Waals surface area contributed by atoms with Crippen molar-refractivity contribution >= 4 is 32.6 Å². The van der Waals surface area contributed by atoms with Crippen LogP contribution in [0, 0.1) is 5.92 Å². The first-order chi connectivity index (χ1) is 4.98. The van der Waals surface area contributed by atoms with Crippen LogP contribution in [0.25, 0.3) is 0 Å². The summed E-state index contributed by atoms with van der Waals surface area (Å²) < 4.78 is 25.5. The zero-order valence-electron chi connectivity index (χ0n) is 6.80. The van der Waals surface area contributed by atoms with E-state index in [9.17, 15) is 8.42 Å². The molecule has 0 saturated carbocycles. The molecule has 3 nitrogen and oxygen atoms in total. The first kappa shape index (κ1) is 11.6. The highest BCUT2D eigenvalue weighted by Crippen LogP contribution is 1.96. The van der Waals surface area contributed by atoms with E-state index in [1.807, 2.05) is 13.8 Å². The van der Waals surface area contributed by atoms with E-state index in [0.29, 0.717) is 6.54 Å². The van der Waals surface area contributed by atoms with Crippen LogP contribution >= 0.6 is 22.6 Å². The van der Waals surface area contributed by atoms with Crippen molar-refractivity contribution in [3.63, 3.8) is 0 Å². The summed E-state index contributed by atoms with van der Waals surface area (Å²) in [6.07, 6.45) is 0. The van der Waals surface area contributed by atoms with Gasteiger partial charge in [0.2, 0.25) is 10.0 Å². The maximum absolute atomic E-state index is 11.1. The number of rotatable bonds is 5. The summed E-state index contributed by atoms with van der Waals surface area (Å²) in [6.45, 7) is 4.32. The van der Waals surface area contributed by atoms with Crippen molar-refractivity contribution in [1.82, 2.24) is 4.72 Å². The van der Waals surface area contributed by atoms with Crippen LogP contribution in [0.5, 0.6) is 0 Å². The molecule has 0 unspecified atom stereocenters. The van der Waals surface area contributed by atoms with Crippen LogP contribution in [0.4, 0.5) is 0 Å². The van der Waals surface area contributed by atoms with Crippen molar-refractivity contribution in [2.24, 2.45) is 5.92 Å². The number of halogens is 1. The molecule has 0 aliphatic rings. The van der Waals surface area contributed by atoms with Crippen LogP contribution < -0.4 is 4.72 Å². The van der Waals surface area contributed by atoms with Crippen molar-refractivity contribution < 1.29 is 8.42 Å². The van der Waals surface area contributed by atoms with Gasteiger partial charge in [0.05, 0.1) is 5.75 Å². The number of nitrogens with one attached hydrogen (secondary N) is 1. The largest absolute Gasteiger partial charge is 0.214 e. The van der Waals surface area contributed by atoms with E-state index in [4.69, 9.17) is 0 Å². The summed E-state index contributed by atoms with van der Waals surface area (Å²) in [5.41, 5.74) is 0. The van der Waals surface area contributed by atoms with Crippen molar-refractivity contribution in [3.05, 3.63) is 0 Å². The summed E-state index contributed by atoms with van der Waals surface area (Å²) in [4.78, 5) is 0. The van der Waals surface area contributed by atoms with Crippen LogP contribution in [-0.4, -0.2) is 25.1 Å². The van der Waals surface area contributed by atoms with Gasteiger partial charge in [-0.05, 0) is 5.92 Å². The summed E-state index contributed by atoms with van der Waals surface area (Å²) in [5, 5.41) is 0. The minimum atomic E-state index is -3.00. The minimum absolute atomic E-state index is 0.196. The first-order valence-electron chi connectivity index (χ1n) is 3.51. The number of hydrogen-bond donors (Lipinski definition) is 1. The molecule has 0 heterocycles. The van der Waals surface area contributed by atoms with Crippen LogP contribution in [-0.2, 0) is 10.0 Å². The smallest absolute Gasteiger partial charge is 0.211 e. The fourth-order valence-electron chi connectivity index (χ4n) is 0.692. The molecule has 0 radical (unpaired) electrons. The second kappa shape index (κ2) is 5.31. The molecule has 0 aliphatic carbocycles. The van der Waals surface area contributed by atoms with Crippen molar-refractivity contribution in [1.29, 1.82) is 0 Å². The summed E-state index contributed by atoms with van der Waals surface area (Å²) in [6, 6.07) is 0. The van der Waals surface area contributed by atoms with E-state index in [-0.39, 0.29) is 11.7 Å². The SMILES string of the molecule is CC(C)CS(=O)(=O)NCCI. The minimum Gasteiger partial charge on any atom is -0.214 e. The Morgan fingerprint density at radius 1 is 1.45 bits per heavy atom. The van der Waals surface area contributed by atoms with Crippen LogP contribution in [0.2, 0.25) is 0 Å². The van der Waals surface area contributed by atoms with Gasteiger partial charge >= 0.3 is 0 Å². The molecule has 0 rings (SSSR count). The van der Waals surface area contributed by atoms with Crippen LogP contribution in [0.15, 0.2) is 0 Å². The molecule has 5 heteroatoms. The van der Waals surface area contributed by atoms with Crippen LogP contribution in [0.1, 0.15) is 13.8 Å². The highest BCUT2D eigenvalue weighted by molar-refractivity contribution is 14.1. The van der Waals surface area contributed by atoms with Gasteiger partial charge in [-0.2, -0.15) is 0 Å². The molecular formula is C6H14INO2S. The van der Waals surface area contributed by atoms with Gasteiger partial charge in [-0.15, -0.1) is 0 Å². The molecule has 0 bridgehead atoms. The Kier molecular flexibility index (Phi) is 5.62. The molecule has 1 N–H and O–H groups in total. The predicted octanol–water partition coefficient (Wildman–Crippen LogP) is 0.997. The van der Waals surface area contributed by atoms with E-state index < -0.39 is 10.0 Å². The second-order valence-corrected chi connectivity index (χ2v) is 5.69. The van der Waals surface area contributed by atoms with Gasteiger partial charge in [0, 0.05) is 11.0 Å². The molecule has 68 valence electrons. The third-order valence-corrected chi connectivity index (χ3v) is 3.26. The van der Waals surface area contributed by atoms with Crippen molar-refractivity contribution in [3.8, 4) is 0 Å². The Hall–Kier alpha value is 0.640. The molecule has 0 aromatic carbocycles. The quantitative estimate of drug-likeness (QED) is 0.606. The molecule has 11 heavy (non-hydrogen) atoms. The fourth-order valence-corrected chi connectivity index (χ4v) is 2.74. The lowest BCUT2D eigenvalue weighted by atomic mass is 10.3. The Morgan fingerprint density at radius 3 is 2.36 bits per heavy atom. The van der Waals surface area contributed by atoms with Gasteiger partial charge in [-0.1, -0.05) is 36.4 Å². The third kappa shape index (κ3) is 7.02. The van der Waals surface area contributed by atoms with E-state index in [2.05, 4.69) is 27.3 Å². The maximum Gasteiger partial charge on any atom is 0.211 e. The topological polar surface area (TPSA) is 46.2 Å². The first-order valence-corrected chi connectivity index (χ1v) is 6.69. The van der Waals surface area contributed by atoms with E-state index in [0.717, 1.165) is 4.43 Å². The Labute approximate surface area is 82.1 Å². The maximum atomic E-state index is 11.1. The number of hydrogen-bond acceptors (Lipinski definition) is 2. The zero-order valence-corrected chi connectivity index (χ0v) is 9.78. The van der Waals surface area contributed by atoms with Gasteiger partial charge in [0.1, 0.15) is 0 Å². The molecule has 0 amide bonds. The summed E-state index contributed by atoms with van der Waals surface area (Å²) in [7, 11) is -3.00. The zero-order chi connectivity index (χ0) is 8.91. The molecule has 0 aliphatic heterocycles. The fraction of sp³-hybridized carbons (Fsp3) is 1.00. The molecule has 0 spiro atoms. The normalized spacial score (nSPS) is 12.4. The summed E-state index contributed by atoms with van der Waals surface area (Å²) in [5.74, 6) is 0.422. The predicted molar refractivity (Wildman–Crippen MR) is 55.5 cm³/mol. The third-order valence-electron chi connectivity index (χ3n) is 0.969. The van der Waals surface area contributed by atoms with Gasteiger partial charge in [0.25, 0.3) is 0 Å².